The summed E-state index contributed by atoms with van der Waals surface area (Å²) in [6, 6.07) is 16.8. The van der Waals surface area contributed by atoms with E-state index in [2.05, 4.69) is 61.3 Å². The summed E-state index contributed by atoms with van der Waals surface area (Å²) >= 11 is 0. The van der Waals surface area contributed by atoms with Crippen molar-refractivity contribution >= 4 is 17.3 Å². The summed E-state index contributed by atoms with van der Waals surface area (Å²) in [4.78, 5) is 15.1. The van der Waals surface area contributed by atoms with Crippen LogP contribution in [0.1, 0.15) is 43.7 Å². The normalized spacial score (nSPS) is 15.4. The zero-order valence-electron chi connectivity index (χ0n) is 15.5. The Hall–Kier alpha value is -2.29. The van der Waals surface area contributed by atoms with Gasteiger partial charge in [0.1, 0.15) is 0 Å². The van der Waals surface area contributed by atoms with E-state index in [-0.39, 0.29) is 11.8 Å². The van der Waals surface area contributed by atoms with Crippen LogP contribution in [-0.2, 0) is 4.79 Å². The predicted octanol–water partition coefficient (Wildman–Crippen LogP) is 4.97. The van der Waals surface area contributed by atoms with E-state index >= 15 is 0 Å². The van der Waals surface area contributed by atoms with Gasteiger partial charge in [0.2, 0.25) is 5.91 Å². The molecule has 25 heavy (non-hydrogen) atoms. The topological polar surface area (TPSA) is 32.3 Å². The molecule has 0 saturated carbocycles. The first-order chi connectivity index (χ1) is 12.0. The van der Waals surface area contributed by atoms with E-state index in [4.69, 9.17) is 0 Å². The molecule has 1 saturated heterocycles. The molecule has 0 spiro atoms. The molecule has 0 unspecified atom stereocenters. The molecule has 1 fully saturated rings. The molecule has 1 aliphatic heterocycles. The summed E-state index contributed by atoms with van der Waals surface area (Å²) in [5.74, 6) is 0.665. The number of carbonyl (C=O) groups excluding carboxylic acids is 1. The number of anilines is 2. The first-order valence-corrected chi connectivity index (χ1v) is 9.26. The molecule has 0 atom stereocenters. The van der Waals surface area contributed by atoms with Crippen LogP contribution in [0.5, 0.6) is 0 Å². The molecule has 2 aromatic rings. The molecular weight excluding hydrogens is 308 g/mol. The van der Waals surface area contributed by atoms with Crippen molar-refractivity contribution in [2.24, 2.45) is 5.92 Å². The van der Waals surface area contributed by atoms with Crippen LogP contribution in [0.4, 0.5) is 11.4 Å². The van der Waals surface area contributed by atoms with E-state index in [9.17, 15) is 4.79 Å². The molecule has 3 rings (SSSR count). The highest BCUT2D eigenvalue weighted by molar-refractivity contribution is 5.93. The second-order valence-electron chi connectivity index (χ2n) is 7.33. The van der Waals surface area contributed by atoms with Gasteiger partial charge in [-0.1, -0.05) is 49.7 Å². The molecular formula is C22H28N2O. The predicted molar refractivity (Wildman–Crippen MR) is 105 cm³/mol. The summed E-state index contributed by atoms with van der Waals surface area (Å²) in [5, 5.41) is 3.17. The number of hydrogen-bond acceptors (Lipinski definition) is 2. The van der Waals surface area contributed by atoms with Gasteiger partial charge in [-0.05, 0) is 49.4 Å². The number of para-hydroxylation sites is 1. The number of benzene rings is 2. The molecule has 0 radical (unpaired) electrons. The van der Waals surface area contributed by atoms with Gasteiger partial charge in [-0.15, -0.1) is 0 Å². The van der Waals surface area contributed by atoms with Gasteiger partial charge in [-0.25, -0.2) is 0 Å². The van der Waals surface area contributed by atoms with Gasteiger partial charge >= 0.3 is 0 Å². The van der Waals surface area contributed by atoms with Gasteiger partial charge in [0.25, 0.3) is 0 Å². The van der Waals surface area contributed by atoms with Crippen LogP contribution < -0.4 is 10.2 Å². The lowest BCUT2D eigenvalue weighted by Gasteiger charge is -2.33. The molecule has 3 heteroatoms. The van der Waals surface area contributed by atoms with Crippen molar-refractivity contribution < 1.29 is 4.79 Å². The van der Waals surface area contributed by atoms with E-state index < -0.39 is 0 Å². The van der Waals surface area contributed by atoms with E-state index in [1.165, 1.54) is 16.8 Å². The Morgan fingerprint density at radius 3 is 2.32 bits per heavy atom. The van der Waals surface area contributed by atoms with Crippen molar-refractivity contribution in [1.29, 1.82) is 0 Å². The lowest BCUT2D eigenvalue weighted by molar-refractivity contribution is -0.120. The van der Waals surface area contributed by atoms with Crippen molar-refractivity contribution in [3.63, 3.8) is 0 Å². The Balaban J connectivity index is 1.59. The van der Waals surface area contributed by atoms with Gasteiger partial charge in [-0.3, -0.25) is 4.79 Å². The Kier molecular flexibility index (Phi) is 5.42. The standard InChI is InChI=1S/C22H28N2O/c1-16(2)20-6-4-5-7-21(20)23-22(25)18-12-14-24(15-13-18)19-10-8-17(3)9-11-19/h4-11,16,18H,12-15H2,1-3H3,(H,23,25). The van der Waals surface area contributed by atoms with Crippen molar-refractivity contribution in [3.8, 4) is 0 Å². The summed E-state index contributed by atoms with van der Waals surface area (Å²) in [7, 11) is 0. The van der Waals surface area contributed by atoms with Gasteiger partial charge in [0, 0.05) is 30.4 Å². The fourth-order valence-electron chi connectivity index (χ4n) is 3.50. The second kappa shape index (κ2) is 7.73. The van der Waals surface area contributed by atoms with Gasteiger partial charge < -0.3 is 10.2 Å². The molecule has 1 N–H and O–H groups in total. The van der Waals surface area contributed by atoms with Crippen molar-refractivity contribution in [3.05, 3.63) is 59.7 Å². The number of piperidine rings is 1. The average Bonchev–Trinajstić information content (AvgIpc) is 2.63. The van der Waals surface area contributed by atoms with Crippen molar-refractivity contribution in [1.82, 2.24) is 0 Å². The highest BCUT2D eigenvalue weighted by Gasteiger charge is 2.25. The number of rotatable bonds is 4. The first-order valence-electron chi connectivity index (χ1n) is 9.26. The Morgan fingerprint density at radius 1 is 1.04 bits per heavy atom. The summed E-state index contributed by atoms with van der Waals surface area (Å²) in [6.45, 7) is 8.30. The highest BCUT2D eigenvalue weighted by Crippen LogP contribution is 2.27. The lowest BCUT2D eigenvalue weighted by atomic mass is 9.94. The van der Waals surface area contributed by atoms with E-state index in [0.29, 0.717) is 5.92 Å². The minimum atomic E-state index is 0.0990. The minimum absolute atomic E-state index is 0.0990. The van der Waals surface area contributed by atoms with Gasteiger partial charge in [0.15, 0.2) is 0 Å². The third-order valence-corrected chi connectivity index (χ3v) is 5.11. The largest absolute Gasteiger partial charge is 0.371 e. The maximum Gasteiger partial charge on any atom is 0.227 e. The van der Waals surface area contributed by atoms with Crippen LogP contribution >= 0.6 is 0 Å². The molecule has 0 aromatic heterocycles. The van der Waals surface area contributed by atoms with Crippen LogP contribution in [0.25, 0.3) is 0 Å². The number of amides is 1. The molecule has 132 valence electrons. The van der Waals surface area contributed by atoms with E-state index in [1.807, 2.05) is 18.2 Å². The molecule has 0 bridgehead atoms. The first kappa shape index (κ1) is 17.5. The zero-order chi connectivity index (χ0) is 17.8. The second-order valence-corrected chi connectivity index (χ2v) is 7.33. The van der Waals surface area contributed by atoms with Crippen LogP contribution in [0.15, 0.2) is 48.5 Å². The number of hydrogen-bond donors (Lipinski definition) is 1. The third-order valence-electron chi connectivity index (χ3n) is 5.11. The molecule has 1 heterocycles. The summed E-state index contributed by atoms with van der Waals surface area (Å²) in [5.41, 5.74) is 4.70. The fourth-order valence-corrected chi connectivity index (χ4v) is 3.50. The SMILES string of the molecule is Cc1ccc(N2CCC(C(=O)Nc3ccccc3C(C)C)CC2)cc1. The van der Waals surface area contributed by atoms with Crippen LogP contribution in [0.2, 0.25) is 0 Å². The maximum atomic E-state index is 12.7. The van der Waals surface area contributed by atoms with Crippen molar-refractivity contribution in [2.45, 2.75) is 39.5 Å². The van der Waals surface area contributed by atoms with Crippen molar-refractivity contribution in [2.75, 3.05) is 23.3 Å². The van der Waals surface area contributed by atoms with Gasteiger partial charge in [-0.2, -0.15) is 0 Å². The zero-order valence-corrected chi connectivity index (χ0v) is 15.5. The lowest BCUT2D eigenvalue weighted by Crippen LogP contribution is -2.38. The molecule has 2 aromatic carbocycles. The quantitative estimate of drug-likeness (QED) is 0.854. The van der Waals surface area contributed by atoms with E-state index in [0.717, 1.165) is 31.6 Å². The fraction of sp³-hybridized carbons (Fsp3) is 0.409. The molecule has 3 nitrogen and oxygen atoms in total. The highest BCUT2D eigenvalue weighted by atomic mass is 16.1. The number of nitrogens with one attached hydrogen (secondary N) is 1. The Labute approximate surface area is 151 Å². The Bertz CT molecular complexity index is 713. The number of carbonyl (C=O) groups is 1. The minimum Gasteiger partial charge on any atom is -0.371 e. The summed E-state index contributed by atoms with van der Waals surface area (Å²) in [6.07, 6.45) is 1.81. The smallest absolute Gasteiger partial charge is 0.227 e. The van der Waals surface area contributed by atoms with Crippen LogP contribution in [-0.4, -0.2) is 19.0 Å². The molecule has 0 aliphatic carbocycles. The maximum absolute atomic E-state index is 12.7. The van der Waals surface area contributed by atoms with E-state index in [1.54, 1.807) is 0 Å². The molecule has 1 amide bonds. The molecule has 1 aliphatic rings. The average molecular weight is 336 g/mol. The Morgan fingerprint density at radius 2 is 1.68 bits per heavy atom. The van der Waals surface area contributed by atoms with Crippen LogP contribution in [0, 0.1) is 12.8 Å². The number of aryl methyl sites for hydroxylation is 1. The van der Waals surface area contributed by atoms with Gasteiger partial charge in [0.05, 0.1) is 0 Å². The monoisotopic (exact) mass is 336 g/mol. The van der Waals surface area contributed by atoms with Crippen LogP contribution in [0.3, 0.4) is 0 Å². The third kappa shape index (κ3) is 4.22. The summed E-state index contributed by atoms with van der Waals surface area (Å²) < 4.78 is 0. The number of nitrogens with zero attached hydrogens (tertiary/aromatic N) is 1.